The molecule has 8 heteroatoms. The number of aromatic amines is 1. The number of hydrogen-bond donors (Lipinski definition) is 3. The standard InChI is InChI=1S/C19H16ClFN4O2/c20-14-8-12(6-7-15(14)21)18-13(10-23-25-18)19(27)24-16(9-17(22)26)11-4-2-1-3-5-11/h1-8,10,16H,9H2,(H2,22,26)(H,23,25)(H,24,27)/t16-/m0/s1. The number of hydrogen-bond acceptors (Lipinski definition) is 3. The third-order valence-electron chi connectivity index (χ3n) is 4.00. The summed E-state index contributed by atoms with van der Waals surface area (Å²) >= 11 is 5.82. The van der Waals surface area contributed by atoms with Crippen molar-refractivity contribution in [1.29, 1.82) is 0 Å². The van der Waals surface area contributed by atoms with Gasteiger partial charge in [0.15, 0.2) is 0 Å². The molecule has 0 spiro atoms. The normalized spacial score (nSPS) is 11.8. The Morgan fingerprint density at radius 3 is 2.63 bits per heavy atom. The Kier molecular flexibility index (Phi) is 5.52. The number of halogens is 2. The first kappa shape index (κ1) is 18.6. The second-order valence-corrected chi connectivity index (χ2v) is 6.30. The molecule has 4 N–H and O–H groups in total. The van der Waals surface area contributed by atoms with Crippen LogP contribution in [0, 0.1) is 5.82 Å². The molecular weight excluding hydrogens is 371 g/mol. The quantitative estimate of drug-likeness (QED) is 0.606. The summed E-state index contributed by atoms with van der Waals surface area (Å²) in [5, 5.41) is 9.35. The Hall–Kier alpha value is -3.19. The van der Waals surface area contributed by atoms with Crippen molar-refractivity contribution in [2.45, 2.75) is 12.5 Å². The first-order chi connectivity index (χ1) is 13.0. The minimum Gasteiger partial charge on any atom is -0.370 e. The maximum atomic E-state index is 13.4. The molecule has 0 aliphatic heterocycles. The van der Waals surface area contributed by atoms with E-state index in [1.54, 1.807) is 24.3 Å². The summed E-state index contributed by atoms with van der Waals surface area (Å²) < 4.78 is 13.4. The molecule has 0 aliphatic rings. The number of carbonyl (C=O) groups is 2. The molecule has 0 aliphatic carbocycles. The van der Waals surface area contributed by atoms with Gasteiger partial charge in [-0.3, -0.25) is 14.7 Å². The largest absolute Gasteiger partial charge is 0.370 e. The van der Waals surface area contributed by atoms with Crippen LogP contribution in [0.2, 0.25) is 5.02 Å². The van der Waals surface area contributed by atoms with Crippen molar-refractivity contribution in [3.05, 3.63) is 76.7 Å². The zero-order chi connectivity index (χ0) is 19.4. The Morgan fingerprint density at radius 1 is 1.22 bits per heavy atom. The first-order valence-electron chi connectivity index (χ1n) is 8.08. The minimum absolute atomic E-state index is 0.0503. The van der Waals surface area contributed by atoms with Crippen LogP contribution in [-0.2, 0) is 4.79 Å². The highest BCUT2D eigenvalue weighted by molar-refractivity contribution is 6.31. The topological polar surface area (TPSA) is 101 Å². The van der Waals surface area contributed by atoms with E-state index in [4.69, 9.17) is 17.3 Å². The van der Waals surface area contributed by atoms with E-state index in [1.165, 1.54) is 24.4 Å². The molecule has 6 nitrogen and oxygen atoms in total. The monoisotopic (exact) mass is 386 g/mol. The summed E-state index contributed by atoms with van der Waals surface area (Å²) in [7, 11) is 0. The molecule has 1 aromatic heterocycles. The van der Waals surface area contributed by atoms with Crippen LogP contribution in [0.5, 0.6) is 0 Å². The molecule has 3 rings (SSSR count). The molecule has 0 radical (unpaired) electrons. The Bertz CT molecular complexity index is 975. The summed E-state index contributed by atoms with van der Waals surface area (Å²) in [6, 6.07) is 12.5. The summed E-state index contributed by atoms with van der Waals surface area (Å²) in [6.07, 6.45) is 1.31. The Balaban J connectivity index is 1.88. The molecule has 2 aromatic carbocycles. The second kappa shape index (κ2) is 8.01. The average molecular weight is 387 g/mol. The fraction of sp³-hybridized carbons (Fsp3) is 0.105. The predicted octanol–water partition coefficient (Wildman–Crippen LogP) is 3.22. The summed E-state index contributed by atoms with van der Waals surface area (Å²) in [5.41, 5.74) is 7.21. The number of aromatic nitrogens is 2. The van der Waals surface area contributed by atoms with Crippen LogP contribution in [0.1, 0.15) is 28.4 Å². The van der Waals surface area contributed by atoms with Gasteiger partial charge >= 0.3 is 0 Å². The molecule has 0 saturated heterocycles. The van der Waals surface area contributed by atoms with Crippen molar-refractivity contribution in [3.63, 3.8) is 0 Å². The molecule has 0 bridgehead atoms. The van der Waals surface area contributed by atoms with Crippen molar-refractivity contribution in [3.8, 4) is 11.3 Å². The van der Waals surface area contributed by atoms with E-state index in [-0.39, 0.29) is 17.0 Å². The molecule has 1 heterocycles. The van der Waals surface area contributed by atoms with E-state index >= 15 is 0 Å². The van der Waals surface area contributed by atoms with Crippen LogP contribution >= 0.6 is 11.6 Å². The first-order valence-corrected chi connectivity index (χ1v) is 8.46. The number of nitrogens with zero attached hydrogens (tertiary/aromatic N) is 1. The smallest absolute Gasteiger partial charge is 0.255 e. The zero-order valence-electron chi connectivity index (χ0n) is 14.1. The number of H-pyrrole nitrogens is 1. The van der Waals surface area contributed by atoms with Gasteiger partial charge in [0.25, 0.3) is 5.91 Å². The second-order valence-electron chi connectivity index (χ2n) is 5.89. The summed E-state index contributed by atoms with van der Waals surface area (Å²) in [4.78, 5) is 24.2. The molecule has 138 valence electrons. The van der Waals surface area contributed by atoms with Crippen LogP contribution in [-0.4, -0.2) is 22.0 Å². The van der Waals surface area contributed by atoms with Gasteiger partial charge in [-0.25, -0.2) is 4.39 Å². The highest BCUT2D eigenvalue weighted by Gasteiger charge is 2.21. The Labute approximate surface area is 159 Å². The summed E-state index contributed by atoms with van der Waals surface area (Å²) in [6.45, 7) is 0. The van der Waals surface area contributed by atoms with Crippen molar-refractivity contribution in [2.75, 3.05) is 0 Å². The zero-order valence-corrected chi connectivity index (χ0v) is 14.8. The van der Waals surface area contributed by atoms with Crippen LogP contribution in [0.25, 0.3) is 11.3 Å². The van der Waals surface area contributed by atoms with E-state index in [9.17, 15) is 14.0 Å². The lowest BCUT2D eigenvalue weighted by Gasteiger charge is -2.18. The van der Waals surface area contributed by atoms with Gasteiger partial charge in [-0.15, -0.1) is 0 Å². The molecule has 0 saturated carbocycles. The van der Waals surface area contributed by atoms with E-state index in [0.717, 1.165) is 5.56 Å². The number of amides is 2. The van der Waals surface area contributed by atoms with E-state index < -0.39 is 23.7 Å². The molecule has 1 atom stereocenters. The Morgan fingerprint density at radius 2 is 1.96 bits per heavy atom. The van der Waals surface area contributed by atoms with Gasteiger partial charge in [0.05, 0.1) is 34.9 Å². The van der Waals surface area contributed by atoms with Gasteiger partial charge < -0.3 is 11.1 Å². The molecule has 3 aromatic rings. The van der Waals surface area contributed by atoms with Gasteiger partial charge in [-0.2, -0.15) is 5.10 Å². The van der Waals surface area contributed by atoms with Gasteiger partial charge in [0.1, 0.15) is 5.82 Å². The molecule has 27 heavy (non-hydrogen) atoms. The number of nitrogens with two attached hydrogens (primary N) is 1. The van der Waals surface area contributed by atoms with Crippen molar-refractivity contribution < 1.29 is 14.0 Å². The number of benzene rings is 2. The third-order valence-corrected chi connectivity index (χ3v) is 4.29. The number of rotatable bonds is 6. The fourth-order valence-corrected chi connectivity index (χ4v) is 2.89. The van der Waals surface area contributed by atoms with Crippen LogP contribution in [0.3, 0.4) is 0 Å². The van der Waals surface area contributed by atoms with E-state index in [1.807, 2.05) is 6.07 Å². The third kappa shape index (κ3) is 4.32. The molecule has 2 amide bonds. The maximum Gasteiger partial charge on any atom is 0.255 e. The molecule has 0 unspecified atom stereocenters. The number of carbonyl (C=O) groups excluding carboxylic acids is 2. The van der Waals surface area contributed by atoms with E-state index in [0.29, 0.717) is 11.3 Å². The van der Waals surface area contributed by atoms with E-state index in [2.05, 4.69) is 15.5 Å². The van der Waals surface area contributed by atoms with Crippen LogP contribution in [0.15, 0.2) is 54.7 Å². The SMILES string of the molecule is NC(=O)C[C@H](NC(=O)c1cn[nH]c1-c1ccc(F)c(Cl)c1)c1ccccc1. The van der Waals surface area contributed by atoms with Crippen molar-refractivity contribution in [2.24, 2.45) is 5.73 Å². The highest BCUT2D eigenvalue weighted by Crippen LogP contribution is 2.26. The lowest BCUT2D eigenvalue weighted by Crippen LogP contribution is -2.31. The lowest BCUT2D eigenvalue weighted by atomic mass is 10.0. The van der Waals surface area contributed by atoms with Crippen LogP contribution in [0.4, 0.5) is 4.39 Å². The number of primary amides is 1. The molecule has 0 fully saturated rings. The minimum atomic E-state index is -0.587. The van der Waals surface area contributed by atoms with Crippen molar-refractivity contribution in [1.82, 2.24) is 15.5 Å². The van der Waals surface area contributed by atoms with Gasteiger partial charge in [0.2, 0.25) is 5.91 Å². The predicted molar refractivity (Wildman–Crippen MR) is 99.5 cm³/mol. The number of nitrogens with one attached hydrogen (secondary N) is 2. The molecular formula is C19H16ClFN4O2. The van der Waals surface area contributed by atoms with Gasteiger partial charge in [-0.05, 0) is 23.8 Å². The highest BCUT2D eigenvalue weighted by atomic mass is 35.5. The van der Waals surface area contributed by atoms with Crippen molar-refractivity contribution >= 4 is 23.4 Å². The average Bonchev–Trinajstić information content (AvgIpc) is 3.14. The summed E-state index contributed by atoms with van der Waals surface area (Å²) in [5.74, 6) is -1.55. The maximum absolute atomic E-state index is 13.4. The van der Waals surface area contributed by atoms with Gasteiger partial charge in [0, 0.05) is 5.56 Å². The van der Waals surface area contributed by atoms with Crippen LogP contribution < -0.4 is 11.1 Å². The van der Waals surface area contributed by atoms with Gasteiger partial charge in [-0.1, -0.05) is 41.9 Å². The fourth-order valence-electron chi connectivity index (χ4n) is 2.70. The lowest BCUT2D eigenvalue weighted by molar-refractivity contribution is -0.118.